The number of carbonyl (C=O) groups is 3. The van der Waals surface area contributed by atoms with Crippen LogP contribution >= 0.6 is 0 Å². The van der Waals surface area contributed by atoms with E-state index < -0.39 is 21.7 Å². The highest BCUT2D eigenvalue weighted by atomic mass is 16.6. The second-order valence-corrected chi connectivity index (χ2v) is 8.33. The quantitative estimate of drug-likeness (QED) is 0.274. The van der Waals surface area contributed by atoms with Crippen molar-refractivity contribution in [2.45, 2.75) is 32.1 Å². The first-order valence-electron chi connectivity index (χ1n) is 11.4. The van der Waals surface area contributed by atoms with E-state index in [1.165, 1.54) is 47.2 Å². The third kappa shape index (κ3) is 6.01. The van der Waals surface area contributed by atoms with Gasteiger partial charge in [0.1, 0.15) is 6.54 Å². The number of hydrogen-bond acceptors (Lipinski definition) is 8. The summed E-state index contributed by atoms with van der Waals surface area (Å²) in [5, 5.41) is 22.2. The molecule has 3 rings (SSSR count). The lowest BCUT2D eigenvalue weighted by Crippen LogP contribution is -2.38. The van der Waals surface area contributed by atoms with Crippen LogP contribution in [-0.4, -0.2) is 59.3 Å². The van der Waals surface area contributed by atoms with Crippen LogP contribution in [0.2, 0.25) is 0 Å². The molecule has 0 N–H and O–H groups in total. The molecular formula is C24H26N4O8. The Morgan fingerprint density at radius 1 is 1.06 bits per heavy atom. The fourth-order valence-corrected chi connectivity index (χ4v) is 4.13. The molecule has 0 saturated heterocycles. The molecule has 1 atom stereocenters. The smallest absolute Gasteiger partial charge is 0.306 e. The SMILES string of the molecule is CCOC(=O)C[C@@H](CCCN1CC(=O)N(C)c2ccc([N+](=O)[O-])cc2C1=O)c1ccc([N+](=O)[O-])cc1. The molecular weight excluding hydrogens is 472 g/mol. The van der Waals surface area contributed by atoms with E-state index in [2.05, 4.69) is 0 Å². The van der Waals surface area contributed by atoms with Crippen molar-refractivity contribution in [3.8, 4) is 0 Å². The Morgan fingerprint density at radius 3 is 2.31 bits per heavy atom. The maximum absolute atomic E-state index is 13.2. The van der Waals surface area contributed by atoms with E-state index in [1.807, 2.05) is 0 Å². The molecule has 0 aliphatic carbocycles. The van der Waals surface area contributed by atoms with Crippen molar-refractivity contribution < 1.29 is 29.0 Å². The van der Waals surface area contributed by atoms with Crippen LogP contribution in [0.3, 0.4) is 0 Å². The first kappa shape index (κ1) is 26.3. The van der Waals surface area contributed by atoms with Crippen molar-refractivity contribution >= 4 is 34.8 Å². The average Bonchev–Trinajstić information content (AvgIpc) is 2.94. The Bertz CT molecular complexity index is 1180. The van der Waals surface area contributed by atoms with Crippen molar-refractivity contribution in [1.82, 2.24) is 4.90 Å². The molecule has 36 heavy (non-hydrogen) atoms. The zero-order valence-electron chi connectivity index (χ0n) is 19.9. The molecule has 190 valence electrons. The van der Waals surface area contributed by atoms with Gasteiger partial charge in [0.05, 0.1) is 34.1 Å². The van der Waals surface area contributed by atoms with Crippen LogP contribution in [0.25, 0.3) is 0 Å². The Morgan fingerprint density at radius 2 is 1.69 bits per heavy atom. The summed E-state index contributed by atoms with van der Waals surface area (Å²) in [6.07, 6.45) is 0.899. The zero-order valence-corrected chi connectivity index (χ0v) is 19.9. The number of benzene rings is 2. The van der Waals surface area contributed by atoms with Gasteiger partial charge in [-0.25, -0.2) is 0 Å². The molecule has 1 aliphatic rings. The molecule has 0 bridgehead atoms. The summed E-state index contributed by atoms with van der Waals surface area (Å²) in [4.78, 5) is 61.7. The van der Waals surface area contributed by atoms with E-state index in [1.54, 1.807) is 19.1 Å². The molecule has 1 aliphatic heterocycles. The second kappa shape index (κ2) is 11.4. The van der Waals surface area contributed by atoms with E-state index in [0.717, 1.165) is 0 Å². The van der Waals surface area contributed by atoms with Crippen molar-refractivity contribution in [3.05, 3.63) is 73.8 Å². The normalized spacial score (nSPS) is 14.2. The topological polar surface area (TPSA) is 153 Å². The molecule has 0 spiro atoms. The van der Waals surface area contributed by atoms with Crippen molar-refractivity contribution in [2.75, 3.05) is 31.6 Å². The van der Waals surface area contributed by atoms with Gasteiger partial charge in [-0.3, -0.25) is 34.6 Å². The summed E-state index contributed by atoms with van der Waals surface area (Å²) >= 11 is 0. The van der Waals surface area contributed by atoms with Crippen molar-refractivity contribution in [2.24, 2.45) is 0 Å². The van der Waals surface area contributed by atoms with E-state index in [4.69, 9.17) is 4.74 Å². The van der Waals surface area contributed by atoms with Crippen LogP contribution in [0, 0.1) is 20.2 Å². The number of nitrogens with zero attached hydrogens (tertiary/aromatic N) is 4. The van der Waals surface area contributed by atoms with Gasteiger partial charge in [-0.05, 0) is 37.3 Å². The number of non-ortho nitro benzene ring substituents is 2. The number of fused-ring (bicyclic) bond motifs is 1. The predicted molar refractivity (Wildman–Crippen MR) is 129 cm³/mol. The number of likely N-dealkylation sites (N-methyl/N-ethyl adjacent to an activating group) is 1. The molecule has 12 nitrogen and oxygen atoms in total. The van der Waals surface area contributed by atoms with Gasteiger partial charge in [0, 0.05) is 37.9 Å². The highest BCUT2D eigenvalue weighted by Gasteiger charge is 2.31. The molecule has 2 amide bonds. The number of carbonyl (C=O) groups excluding carboxylic acids is 3. The monoisotopic (exact) mass is 498 g/mol. The van der Waals surface area contributed by atoms with Gasteiger partial charge in [0.25, 0.3) is 17.3 Å². The lowest BCUT2D eigenvalue weighted by atomic mass is 9.91. The van der Waals surface area contributed by atoms with Crippen LogP contribution in [0.4, 0.5) is 17.1 Å². The molecule has 0 radical (unpaired) electrons. The fraction of sp³-hybridized carbons (Fsp3) is 0.375. The van der Waals surface area contributed by atoms with E-state index in [-0.39, 0.29) is 54.9 Å². The number of hydrogen-bond donors (Lipinski definition) is 0. The van der Waals surface area contributed by atoms with Crippen molar-refractivity contribution in [3.63, 3.8) is 0 Å². The number of rotatable bonds is 10. The van der Waals surface area contributed by atoms with Crippen molar-refractivity contribution in [1.29, 1.82) is 0 Å². The van der Waals surface area contributed by atoms with Crippen LogP contribution in [0.15, 0.2) is 42.5 Å². The van der Waals surface area contributed by atoms with E-state index in [0.29, 0.717) is 24.1 Å². The number of nitro benzene ring substituents is 2. The first-order chi connectivity index (χ1) is 17.1. The minimum atomic E-state index is -0.602. The zero-order chi connectivity index (χ0) is 26.4. The fourth-order valence-electron chi connectivity index (χ4n) is 4.13. The third-order valence-corrected chi connectivity index (χ3v) is 6.04. The van der Waals surface area contributed by atoms with E-state index in [9.17, 15) is 34.6 Å². The molecule has 2 aromatic carbocycles. The summed E-state index contributed by atoms with van der Waals surface area (Å²) in [7, 11) is 1.51. The summed E-state index contributed by atoms with van der Waals surface area (Å²) in [5.41, 5.74) is 0.754. The minimum absolute atomic E-state index is 0.0519. The van der Waals surface area contributed by atoms with Gasteiger partial charge >= 0.3 is 5.97 Å². The third-order valence-electron chi connectivity index (χ3n) is 6.04. The second-order valence-electron chi connectivity index (χ2n) is 8.33. The number of ether oxygens (including phenoxy) is 1. The molecule has 2 aromatic rings. The largest absolute Gasteiger partial charge is 0.466 e. The van der Waals surface area contributed by atoms with Crippen LogP contribution in [-0.2, 0) is 14.3 Å². The highest BCUT2D eigenvalue weighted by molar-refractivity contribution is 6.09. The van der Waals surface area contributed by atoms with Gasteiger partial charge in [0.2, 0.25) is 5.91 Å². The Kier molecular flexibility index (Phi) is 8.30. The molecule has 0 aromatic heterocycles. The molecule has 0 saturated carbocycles. The number of anilines is 1. The minimum Gasteiger partial charge on any atom is -0.466 e. The lowest BCUT2D eigenvalue weighted by molar-refractivity contribution is -0.385. The van der Waals surface area contributed by atoms with Gasteiger partial charge in [-0.1, -0.05) is 12.1 Å². The Balaban J connectivity index is 1.77. The highest BCUT2D eigenvalue weighted by Crippen LogP contribution is 2.30. The molecule has 1 heterocycles. The Hall–Kier alpha value is -4.35. The summed E-state index contributed by atoms with van der Waals surface area (Å²) < 4.78 is 5.06. The number of nitro groups is 2. The maximum atomic E-state index is 13.2. The van der Waals surface area contributed by atoms with Gasteiger partial charge in [0.15, 0.2) is 0 Å². The van der Waals surface area contributed by atoms with Crippen LogP contribution in [0.1, 0.15) is 48.0 Å². The van der Waals surface area contributed by atoms with Gasteiger partial charge < -0.3 is 14.5 Å². The number of amides is 2. The van der Waals surface area contributed by atoms with Gasteiger partial charge in [-0.2, -0.15) is 0 Å². The standard InChI is InChI=1S/C24H26N4O8/c1-3-36-23(30)13-17(16-6-8-18(9-7-16)27(32)33)5-4-12-26-15-22(29)25(2)21-11-10-19(28(34)35)14-20(21)24(26)31/h6-11,14,17H,3-5,12-13,15H2,1-2H3/t17-/m1/s1. The molecule has 0 unspecified atom stereocenters. The average molecular weight is 498 g/mol. The maximum Gasteiger partial charge on any atom is 0.306 e. The van der Waals surface area contributed by atoms with Crippen LogP contribution in [0.5, 0.6) is 0 Å². The lowest BCUT2D eigenvalue weighted by Gasteiger charge is -2.22. The summed E-state index contributed by atoms with van der Waals surface area (Å²) in [6, 6.07) is 9.71. The first-order valence-corrected chi connectivity index (χ1v) is 11.4. The molecule has 12 heteroatoms. The van der Waals surface area contributed by atoms with Gasteiger partial charge in [-0.15, -0.1) is 0 Å². The Labute approximate surface area is 206 Å². The number of esters is 1. The predicted octanol–water partition coefficient (Wildman–Crippen LogP) is 3.44. The summed E-state index contributed by atoms with van der Waals surface area (Å²) in [5.74, 6) is -1.57. The van der Waals surface area contributed by atoms with Crippen LogP contribution < -0.4 is 4.90 Å². The summed E-state index contributed by atoms with van der Waals surface area (Å²) in [6.45, 7) is 1.89. The molecule has 0 fully saturated rings. The van der Waals surface area contributed by atoms with E-state index >= 15 is 0 Å².